The second kappa shape index (κ2) is 9.62. The SMILES string of the molecule is Cc1nonc1C(=O)N[C@H](c1nc2cc(C[C@H]3C[C@@H](C(F)(F)F)NC3=O)ccc2o1)C1CCC(F)(F)CC1. The van der Waals surface area contributed by atoms with E-state index in [2.05, 4.69) is 25.2 Å². The van der Waals surface area contributed by atoms with Crippen LogP contribution in [0.1, 0.15) is 65.8 Å². The molecule has 2 N–H and O–H groups in total. The lowest BCUT2D eigenvalue weighted by Gasteiger charge is -2.32. The Labute approximate surface area is 212 Å². The predicted octanol–water partition coefficient (Wildman–Crippen LogP) is 4.43. The molecule has 3 heterocycles. The van der Waals surface area contributed by atoms with Gasteiger partial charge in [0.15, 0.2) is 11.3 Å². The maximum Gasteiger partial charge on any atom is 0.408 e. The number of nitrogens with zero attached hydrogens (tertiary/aromatic N) is 3. The first-order chi connectivity index (χ1) is 17.9. The summed E-state index contributed by atoms with van der Waals surface area (Å²) in [6.45, 7) is 1.53. The Kier molecular flexibility index (Phi) is 6.59. The largest absolute Gasteiger partial charge is 0.438 e. The van der Waals surface area contributed by atoms with Gasteiger partial charge in [-0.2, -0.15) is 13.2 Å². The van der Waals surface area contributed by atoms with Gasteiger partial charge in [0, 0.05) is 18.8 Å². The molecule has 0 radical (unpaired) electrons. The van der Waals surface area contributed by atoms with Crippen molar-refractivity contribution in [2.24, 2.45) is 11.8 Å². The fourth-order valence-corrected chi connectivity index (χ4v) is 5.09. The van der Waals surface area contributed by atoms with Crippen LogP contribution in [0.4, 0.5) is 22.0 Å². The first-order valence-corrected chi connectivity index (χ1v) is 12.1. The van der Waals surface area contributed by atoms with Crippen LogP contribution >= 0.6 is 0 Å². The highest BCUT2D eigenvalue weighted by atomic mass is 19.4. The number of nitrogens with one attached hydrogen (secondary N) is 2. The number of carbonyl (C=O) groups is 2. The standard InChI is InChI=1S/C24H24F5N5O4/c1-11-18(34-38-33-11)21(36)32-19(13-4-6-23(25,26)7-5-13)22-30-15-9-12(2-3-16(15)37-22)8-14-10-17(24(27,28)29)31-20(14)35/h2-3,9,13-14,17,19H,4-8,10H2,1H3,(H,31,35)(H,32,36)/t14-,17-,19-/m0/s1. The highest BCUT2D eigenvalue weighted by molar-refractivity contribution is 5.93. The zero-order valence-corrected chi connectivity index (χ0v) is 20.1. The van der Waals surface area contributed by atoms with Crippen LogP contribution in [0.3, 0.4) is 0 Å². The van der Waals surface area contributed by atoms with Gasteiger partial charge in [0.05, 0.1) is 0 Å². The van der Waals surface area contributed by atoms with Gasteiger partial charge in [-0.1, -0.05) is 11.2 Å². The molecule has 38 heavy (non-hydrogen) atoms. The Morgan fingerprint density at radius 1 is 1.24 bits per heavy atom. The normalized spacial score (nSPS) is 22.9. The van der Waals surface area contributed by atoms with Gasteiger partial charge in [0.1, 0.15) is 23.3 Å². The molecule has 5 rings (SSSR count). The highest BCUT2D eigenvalue weighted by Gasteiger charge is 2.47. The quantitative estimate of drug-likeness (QED) is 0.443. The predicted molar refractivity (Wildman–Crippen MR) is 120 cm³/mol. The molecular weight excluding hydrogens is 517 g/mol. The minimum atomic E-state index is -4.52. The summed E-state index contributed by atoms with van der Waals surface area (Å²) in [5, 5.41) is 11.9. The summed E-state index contributed by atoms with van der Waals surface area (Å²) < 4.78 is 77.2. The average Bonchev–Trinajstić information content (AvgIpc) is 3.56. The van der Waals surface area contributed by atoms with E-state index < -0.39 is 47.8 Å². The summed E-state index contributed by atoms with van der Waals surface area (Å²) in [6.07, 6.45) is -5.25. The van der Waals surface area contributed by atoms with Gasteiger partial charge >= 0.3 is 6.18 Å². The third-order valence-electron chi connectivity index (χ3n) is 7.21. The minimum absolute atomic E-state index is 0.0541. The molecule has 3 atom stereocenters. The topological polar surface area (TPSA) is 123 Å². The fraction of sp³-hybridized carbons (Fsp3) is 0.542. The molecule has 204 valence electrons. The lowest BCUT2D eigenvalue weighted by molar-refractivity contribution is -0.154. The molecule has 1 saturated heterocycles. The van der Waals surface area contributed by atoms with Crippen molar-refractivity contribution in [2.75, 3.05) is 0 Å². The van der Waals surface area contributed by atoms with Crippen molar-refractivity contribution in [3.05, 3.63) is 41.0 Å². The molecule has 0 bridgehead atoms. The van der Waals surface area contributed by atoms with Crippen molar-refractivity contribution in [1.29, 1.82) is 0 Å². The molecule has 1 aliphatic carbocycles. The molecule has 1 aromatic carbocycles. The van der Waals surface area contributed by atoms with E-state index in [1.54, 1.807) is 18.2 Å². The first kappa shape index (κ1) is 26.0. The van der Waals surface area contributed by atoms with Crippen molar-refractivity contribution < 1.29 is 40.6 Å². The smallest absolute Gasteiger partial charge is 0.408 e. The maximum atomic E-state index is 13.8. The molecule has 2 aliphatic rings. The summed E-state index contributed by atoms with van der Waals surface area (Å²) in [4.78, 5) is 29.4. The average molecular weight is 541 g/mol. The number of amides is 2. The van der Waals surface area contributed by atoms with Crippen molar-refractivity contribution in [3.8, 4) is 0 Å². The van der Waals surface area contributed by atoms with Crippen molar-refractivity contribution in [2.45, 2.75) is 69.6 Å². The maximum absolute atomic E-state index is 13.8. The van der Waals surface area contributed by atoms with E-state index in [0.717, 1.165) is 0 Å². The van der Waals surface area contributed by atoms with E-state index in [1.165, 1.54) is 6.92 Å². The molecule has 2 aromatic heterocycles. The third kappa shape index (κ3) is 5.34. The third-order valence-corrected chi connectivity index (χ3v) is 7.21. The van der Waals surface area contributed by atoms with Gasteiger partial charge in [-0.15, -0.1) is 0 Å². The van der Waals surface area contributed by atoms with Crippen molar-refractivity contribution >= 4 is 22.9 Å². The number of carbonyl (C=O) groups excluding carboxylic acids is 2. The van der Waals surface area contributed by atoms with Crippen LogP contribution in [0, 0.1) is 18.8 Å². The van der Waals surface area contributed by atoms with Gasteiger partial charge in [-0.3, -0.25) is 9.59 Å². The van der Waals surface area contributed by atoms with Crippen LogP contribution in [-0.4, -0.2) is 45.3 Å². The number of oxazole rings is 1. The number of rotatable bonds is 6. The molecule has 0 unspecified atom stereocenters. The van der Waals surface area contributed by atoms with Crippen LogP contribution in [0.5, 0.6) is 0 Å². The number of fused-ring (bicyclic) bond motifs is 1. The van der Waals surface area contributed by atoms with Crippen LogP contribution in [-0.2, 0) is 11.2 Å². The Morgan fingerprint density at radius 2 is 1.97 bits per heavy atom. The molecular formula is C24H24F5N5O4. The lowest BCUT2D eigenvalue weighted by Crippen LogP contribution is -2.38. The Balaban J connectivity index is 1.38. The number of hydrogen-bond donors (Lipinski definition) is 2. The van der Waals surface area contributed by atoms with Gasteiger partial charge in [0.25, 0.3) is 5.91 Å². The van der Waals surface area contributed by atoms with Gasteiger partial charge in [-0.05, 0) is 61.4 Å². The number of aryl methyl sites for hydroxylation is 1. The van der Waals surface area contributed by atoms with Gasteiger partial charge < -0.3 is 15.1 Å². The number of aromatic nitrogens is 3. The molecule has 0 spiro atoms. The van der Waals surface area contributed by atoms with E-state index in [4.69, 9.17) is 4.42 Å². The van der Waals surface area contributed by atoms with Crippen LogP contribution in [0.2, 0.25) is 0 Å². The van der Waals surface area contributed by atoms with Crippen LogP contribution in [0.25, 0.3) is 11.1 Å². The number of halogens is 5. The van der Waals surface area contributed by atoms with Gasteiger partial charge in [-0.25, -0.2) is 18.4 Å². The lowest BCUT2D eigenvalue weighted by atomic mass is 9.82. The molecule has 2 fully saturated rings. The summed E-state index contributed by atoms with van der Waals surface area (Å²) in [6, 6.07) is 2.09. The number of alkyl halides is 5. The highest BCUT2D eigenvalue weighted by Crippen LogP contribution is 2.42. The number of hydrogen-bond acceptors (Lipinski definition) is 7. The molecule has 2 amide bonds. The zero-order valence-electron chi connectivity index (χ0n) is 20.1. The first-order valence-electron chi connectivity index (χ1n) is 12.1. The van der Waals surface area contributed by atoms with E-state index in [9.17, 15) is 31.5 Å². The fourth-order valence-electron chi connectivity index (χ4n) is 5.09. The molecule has 9 nitrogen and oxygen atoms in total. The molecule has 1 saturated carbocycles. The second-order valence-electron chi connectivity index (χ2n) is 9.94. The summed E-state index contributed by atoms with van der Waals surface area (Å²) >= 11 is 0. The monoisotopic (exact) mass is 541 g/mol. The zero-order chi connectivity index (χ0) is 27.2. The van der Waals surface area contributed by atoms with E-state index in [0.29, 0.717) is 16.7 Å². The Morgan fingerprint density at radius 3 is 2.61 bits per heavy atom. The van der Waals surface area contributed by atoms with Gasteiger partial charge in [0.2, 0.25) is 17.7 Å². The second-order valence-corrected chi connectivity index (χ2v) is 9.94. The number of benzene rings is 1. The van der Waals surface area contributed by atoms with E-state index in [-0.39, 0.29) is 55.8 Å². The Hall–Kier alpha value is -3.58. The summed E-state index contributed by atoms with van der Waals surface area (Å²) in [5.74, 6) is -5.21. The summed E-state index contributed by atoms with van der Waals surface area (Å²) in [7, 11) is 0. The molecule has 1 aliphatic heterocycles. The summed E-state index contributed by atoms with van der Waals surface area (Å²) in [5.41, 5.74) is 1.49. The van der Waals surface area contributed by atoms with Crippen LogP contribution < -0.4 is 10.6 Å². The van der Waals surface area contributed by atoms with E-state index >= 15 is 0 Å². The van der Waals surface area contributed by atoms with E-state index in [1.807, 2.05) is 5.32 Å². The van der Waals surface area contributed by atoms with Crippen molar-refractivity contribution in [3.63, 3.8) is 0 Å². The minimum Gasteiger partial charge on any atom is -0.438 e. The molecule has 14 heteroatoms. The molecule has 3 aromatic rings. The Bertz CT molecular complexity index is 1340. The van der Waals surface area contributed by atoms with Crippen LogP contribution in [0.15, 0.2) is 27.2 Å². The van der Waals surface area contributed by atoms with Crippen molar-refractivity contribution in [1.82, 2.24) is 25.9 Å².